The van der Waals surface area contributed by atoms with Crippen LogP contribution in [-0.2, 0) is 10.0 Å². The van der Waals surface area contributed by atoms with Crippen LogP contribution >= 0.6 is 0 Å². The van der Waals surface area contributed by atoms with Crippen molar-refractivity contribution in [3.63, 3.8) is 0 Å². The van der Waals surface area contributed by atoms with Gasteiger partial charge in [-0.25, -0.2) is 13.1 Å². The van der Waals surface area contributed by atoms with Gasteiger partial charge in [0.05, 0.1) is 4.90 Å². The van der Waals surface area contributed by atoms with E-state index in [0.717, 1.165) is 42.5 Å². The zero-order valence-corrected chi connectivity index (χ0v) is 17.6. The van der Waals surface area contributed by atoms with Gasteiger partial charge < -0.3 is 4.90 Å². The Labute approximate surface area is 167 Å². The first-order valence-corrected chi connectivity index (χ1v) is 11.3. The summed E-state index contributed by atoms with van der Waals surface area (Å²) in [5.74, 6) is -0.203. The lowest BCUT2D eigenvalue weighted by atomic mass is 10.1. The summed E-state index contributed by atoms with van der Waals surface area (Å²) >= 11 is 0. The highest BCUT2D eigenvalue weighted by molar-refractivity contribution is 7.89. The smallest absolute Gasteiger partial charge is 0.258 e. The van der Waals surface area contributed by atoms with Crippen LogP contribution in [0.2, 0.25) is 0 Å². The zero-order valence-electron chi connectivity index (χ0n) is 16.7. The van der Waals surface area contributed by atoms with E-state index < -0.39 is 10.0 Å². The molecule has 2 aromatic rings. The number of aryl methyl sites for hydroxylation is 2. The van der Waals surface area contributed by atoms with E-state index in [1.165, 1.54) is 6.07 Å². The third-order valence-electron chi connectivity index (χ3n) is 5.15. The molecule has 0 spiro atoms. The fourth-order valence-corrected chi connectivity index (χ4v) is 5.18. The molecule has 6 heteroatoms. The van der Waals surface area contributed by atoms with Crippen LogP contribution in [0.1, 0.15) is 54.1 Å². The van der Waals surface area contributed by atoms with Crippen molar-refractivity contribution in [3.05, 3.63) is 59.2 Å². The number of hydrogen-bond donors (Lipinski definition) is 1. The molecule has 1 fully saturated rings. The molecule has 1 aliphatic rings. The lowest BCUT2D eigenvalue weighted by Crippen LogP contribution is -2.33. The lowest BCUT2D eigenvalue weighted by Gasteiger charge is -2.22. The Balaban J connectivity index is 1.88. The number of carbonyl (C=O) groups is 1. The van der Waals surface area contributed by atoms with Crippen molar-refractivity contribution in [1.82, 2.24) is 4.72 Å². The van der Waals surface area contributed by atoms with E-state index in [1.54, 1.807) is 23.1 Å². The van der Waals surface area contributed by atoms with Crippen molar-refractivity contribution in [2.45, 2.75) is 57.4 Å². The molecule has 3 rings (SSSR count). The second-order valence-corrected chi connectivity index (χ2v) is 9.24. The molecule has 150 valence electrons. The fraction of sp³-hybridized carbons (Fsp3) is 0.409. The van der Waals surface area contributed by atoms with Crippen LogP contribution in [0.25, 0.3) is 0 Å². The predicted octanol–water partition coefficient (Wildman–Crippen LogP) is 4.19. The Morgan fingerprint density at radius 3 is 2.32 bits per heavy atom. The molecule has 5 nitrogen and oxygen atoms in total. The van der Waals surface area contributed by atoms with Gasteiger partial charge in [-0.05, 0) is 75.1 Å². The molecule has 0 aliphatic heterocycles. The van der Waals surface area contributed by atoms with Gasteiger partial charge in [-0.15, -0.1) is 0 Å². The van der Waals surface area contributed by atoms with Gasteiger partial charge in [-0.2, -0.15) is 0 Å². The van der Waals surface area contributed by atoms with Crippen LogP contribution in [0.4, 0.5) is 5.69 Å². The minimum absolute atomic E-state index is 0.00762. The average molecular weight is 401 g/mol. The molecule has 2 aromatic carbocycles. The minimum atomic E-state index is -3.63. The molecule has 0 radical (unpaired) electrons. The Kier molecular flexibility index (Phi) is 6.20. The lowest BCUT2D eigenvalue weighted by molar-refractivity contribution is 0.0988. The van der Waals surface area contributed by atoms with E-state index in [4.69, 9.17) is 0 Å². The van der Waals surface area contributed by atoms with Crippen LogP contribution in [0, 0.1) is 13.8 Å². The summed E-state index contributed by atoms with van der Waals surface area (Å²) < 4.78 is 28.2. The molecule has 1 N–H and O–H groups in total. The summed E-state index contributed by atoms with van der Waals surface area (Å²) in [7, 11) is -3.63. The Morgan fingerprint density at radius 2 is 1.71 bits per heavy atom. The molecule has 0 bridgehead atoms. The summed E-state index contributed by atoms with van der Waals surface area (Å²) in [5.41, 5.74) is 3.36. The maximum atomic E-state index is 13.1. The van der Waals surface area contributed by atoms with E-state index in [-0.39, 0.29) is 16.8 Å². The van der Waals surface area contributed by atoms with Crippen molar-refractivity contribution in [1.29, 1.82) is 0 Å². The van der Waals surface area contributed by atoms with Gasteiger partial charge >= 0.3 is 0 Å². The topological polar surface area (TPSA) is 66.5 Å². The van der Waals surface area contributed by atoms with Gasteiger partial charge in [0.2, 0.25) is 10.0 Å². The summed E-state index contributed by atoms with van der Waals surface area (Å²) in [4.78, 5) is 15.0. The van der Waals surface area contributed by atoms with Crippen LogP contribution in [0.15, 0.2) is 47.4 Å². The second-order valence-electron chi connectivity index (χ2n) is 7.53. The fourth-order valence-electron chi connectivity index (χ4n) is 3.83. The van der Waals surface area contributed by atoms with Crippen molar-refractivity contribution < 1.29 is 13.2 Å². The highest BCUT2D eigenvalue weighted by Crippen LogP contribution is 2.23. The molecule has 1 aliphatic carbocycles. The van der Waals surface area contributed by atoms with Gasteiger partial charge in [0.25, 0.3) is 5.91 Å². The normalized spacial score (nSPS) is 15.0. The molecule has 0 atom stereocenters. The number of hydrogen-bond acceptors (Lipinski definition) is 3. The molecular weight excluding hydrogens is 372 g/mol. The van der Waals surface area contributed by atoms with Gasteiger partial charge in [-0.1, -0.05) is 25.0 Å². The zero-order chi connectivity index (χ0) is 20.3. The number of sulfonamides is 1. The Morgan fingerprint density at radius 1 is 1.07 bits per heavy atom. The largest absolute Gasteiger partial charge is 0.309 e. The first kappa shape index (κ1) is 20.6. The highest BCUT2D eigenvalue weighted by atomic mass is 32.2. The Bertz CT molecular complexity index is 943. The molecule has 0 saturated heterocycles. The van der Waals surface area contributed by atoms with Crippen molar-refractivity contribution in [2.24, 2.45) is 0 Å². The van der Waals surface area contributed by atoms with Crippen LogP contribution in [-0.4, -0.2) is 26.9 Å². The van der Waals surface area contributed by atoms with Crippen molar-refractivity contribution >= 4 is 21.6 Å². The summed E-state index contributed by atoms with van der Waals surface area (Å²) in [6.07, 6.45) is 3.84. The van der Waals surface area contributed by atoms with Gasteiger partial charge in [0.1, 0.15) is 0 Å². The van der Waals surface area contributed by atoms with Gasteiger partial charge in [0.15, 0.2) is 0 Å². The second kappa shape index (κ2) is 8.45. The average Bonchev–Trinajstić information content (AvgIpc) is 3.14. The van der Waals surface area contributed by atoms with Crippen LogP contribution < -0.4 is 9.62 Å². The van der Waals surface area contributed by atoms with Crippen molar-refractivity contribution in [2.75, 3.05) is 11.4 Å². The maximum absolute atomic E-state index is 13.1. The summed E-state index contributed by atoms with van der Waals surface area (Å²) in [5, 5.41) is 0. The van der Waals surface area contributed by atoms with E-state index in [9.17, 15) is 13.2 Å². The standard InChI is InChI=1S/C22H28N2O3S/c1-4-24(20-13-16(2)12-17(3)14-20)22(25)18-8-7-11-21(15-18)28(26,27)23-19-9-5-6-10-19/h7-8,11-15,19,23H,4-6,9-10H2,1-3H3. The number of anilines is 1. The molecule has 0 aromatic heterocycles. The first-order valence-electron chi connectivity index (χ1n) is 9.82. The summed E-state index contributed by atoms with van der Waals surface area (Å²) in [6.45, 7) is 6.41. The molecule has 1 amide bonds. The van der Waals surface area contributed by atoms with E-state index in [1.807, 2.05) is 32.9 Å². The molecule has 0 heterocycles. The monoisotopic (exact) mass is 400 g/mol. The first-order chi connectivity index (χ1) is 13.3. The van der Waals surface area contributed by atoms with Crippen molar-refractivity contribution in [3.8, 4) is 0 Å². The molecule has 0 unspecified atom stereocenters. The number of nitrogens with zero attached hydrogens (tertiary/aromatic N) is 1. The maximum Gasteiger partial charge on any atom is 0.258 e. The van der Waals surface area contributed by atoms with Crippen LogP contribution in [0.5, 0.6) is 0 Å². The third kappa shape index (κ3) is 4.62. The number of nitrogens with one attached hydrogen (secondary N) is 1. The quantitative estimate of drug-likeness (QED) is 0.791. The third-order valence-corrected chi connectivity index (χ3v) is 6.67. The number of carbonyl (C=O) groups excluding carboxylic acids is 1. The van der Waals surface area contributed by atoms with Crippen LogP contribution in [0.3, 0.4) is 0 Å². The number of amides is 1. The van der Waals surface area contributed by atoms with E-state index >= 15 is 0 Å². The molecule has 28 heavy (non-hydrogen) atoms. The van der Waals surface area contributed by atoms with Gasteiger partial charge in [0, 0.05) is 23.8 Å². The SMILES string of the molecule is CCN(C(=O)c1cccc(S(=O)(=O)NC2CCCC2)c1)c1cc(C)cc(C)c1. The number of rotatable bonds is 6. The van der Waals surface area contributed by atoms with E-state index in [0.29, 0.717) is 12.1 Å². The predicted molar refractivity (Wildman–Crippen MR) is 112 cm³/mol. The van der Waals surface area contributed by atoms with E-state index in [2.05, 4.69) is 10.8 Å². The summed E-state index contributed by atoms with van der Waals surface area (Å²) in [6, 6.07) is 12.3. The molecule has 1 saturated carbocycles. The highest BCUT2D eigenvalue weighted by Gasteiger charge is 2.24. The molecular formula is C22H28N2O3S. The van der Waals surface area contributed by atoms with Gasteiger partial charge in [-0.3, -0.25) is 4.79 Å². The Hall–Kier alpha value is -2.18. The number of benzene rings is 2. The minimum Gasteiger partial charge on any atom is -0.309 e.